The molecule has 3 aromatic heterocycles. The van der Waals surface area contributed by atoms with Crippen LogP contribution in [0.3, 0.4) is 0 Å². The molecule has 32 heavy (non-hydrogen) atoms. The average molecular weight is 446 g/mol. The second kappa shape index (κ2) is 7.27. The molecule has 2 aromatic carbocycles. The molecule has 0 fully saturated rings. The second-order valence-electron chi connectivity index (χ2n) is 7.59. The first-order valence-corrected chi connectivity index (χ1v) is 10.6. The number of non-ortho nitro benzene ring substituents is 1. The molecule has 9 nitrogen and oxygen atoms in total. The zero-order chi connectivity index (χ0) is 22.6. The van der Waals surface area contributed by atoms with Gasteiger partial charge < -0.3 is 9.47 Å². The molecule has 5 rings (SSSR count). The molecule has 0 spiro atoms. The summed E-state index contributed by atoms with van der Waals surface area (Å²) in [6.45, 7) is 0. The number of rotatable bonds is 4. The van der Waals surface area contributed by atoms with E-state index in [0.29, 0.717) is 15.9 Å². The van der Waals surface area contributed by atoms with Crippen LogP contribution in [0.1, 0.15) is 0 Å². The smallest absolute Gasteiger partial charge is 0.275 e. The van der Waals surface area contributed by atoms with Crippen molar-refractivity contribution in [3.63, 3.8) is 0 Å². The number of nitro groups is 1. The van der Waals surface area contributed by atoms with Crippen molar-refractivity contribution in [2.75, 3.05) is 19.0 Å². The topological polar surface area (TPSA) is 99.1 Å². The SMILES string of the molecule is CN(C)c1nc2ccc(-n3cnc4cc(-c5ccc([N+](=O)[O-])cc5)sc4c3=O)cc2n1C. The molecule has 0 unspecified atom stereocenters. The zero-order valence-electron chi connectivity index (χ0n) is 17.5. The van der Waals surface area contributed by atoms with Gasteiger partial charge in [0, 0.05) is 38.2 Å². The van der Waals surface area contributed by atoms with E-state index in [-0.39, 0.29) is 11.2 Å². The van der Waals surface area contributed by atoms with Gasteiger partial charge >= 0.3 is 0 Å². The Morgan fingerprint density at radius 1 is 1.06 bits per heavy atom. The maximum absolute atomic E-state index is 13.3. The average Bonchev–Trinajstić information content (AvgIpc) is 3.36. The Morgan fingerprint density at radius 3 is 2.50 bits per heavy atom. The fourth-order valence-electron chi connectivity index (χ4n) is 3.70. The maximum Gasteiger partial charge on any atom is 0.275 e. The van der Waals surface area contributed by atoms with E-state index in [9.17, 15) is 14.9 Å². The van der Waals surface area contributed by atoms with E-state index in [1.54, 1.807) is 12.1 Å². The second-order valence-corrected chi connectivity index (χ2v) is 8.64. The number of hydrogen-bond donors (Lipinski definition) is 0. The third-order valence-corrected chi connectivity index (χ3v) is 6.48. The summed E-state index contributed by atoms with van der Waals surface area (Å²) in [5.74, 6) is 0.823. The number of benzene rings is 2. The van der Waals surface area contributed by atoms with Gasteiger partial charge in [0.05, 0.1) is 27.2 Å². The van der Waals surface area contributed by atoms with Crippen LogP contribution in [0.2, 0.25) is 0 Å². The summed E-state index contributed by atoms with van der Waals surface area (Å²) >= 11 is 1.32. The van der Waals surface area contributed by atoms with Crippen LogP contribution in [-0.4, -0.2) is 38.1 Å². The number of fused-ring (bicyclic) bond motifs is 2. The first-order valence-electron chi connectivity index (χ1n) is 9.73. The maximum atomic E-state index is 13.3. The van der Waals surface area contributed by atoms with Crippen molar-refractivity contribution in [2.24, 2.45) is 7.05 Å². The first kappa shape index (κ1) is 19.9. The highest BCUT2D eigenvalue weighted by molar-refractivity contribution is 7.22. The predicted octanol–water partition coefficient (Wildman–Crippen LogP) is 3.98. The van der Waals surface area contributed by atoms with Crippen molar-refractivity contribution < 1.29 is 4.92 Å². The van der Waals surface area contributed by atoms with Gasteiger partial charge in [-0.2, -0.15) is 0 Å². The molecule has 0 bridgehead atoms. The van der Waals surface area contributed by atoms with Gasteiger partial charge in [-0.1, -0.05) is 0 Å². The number of aromatic nitrogens is 4. The zero-order valence-corrected chi connectivity index (χ0v) is 18.3. The van der Waals surface area contributed by atoms with Crippen LogP contribution in [0.4, 0.5) is 11.6 Å². The van der Waals surface area contributed by atoms with Gasteiger partial charge in [-0.15, -0.1) is 11.3 Å². The quantitative estimate of drug-likeness (QED) is 0.306. The van der Waals surface area contributed by atoms with Crippen molar-refractivity contribution >= 4 is 44.2 Å². The Hall–Kier alpha value is -4.05. The van der Waals surface area contributed by atoms with E-state index in [1.165, 1.54) is 34.4 Å². The predicted molar refractivity (Wildman–Crippen MR) is 126 cm³/mol. The van der Waals surface area contributed by atoms with E-state index >= 15 is 0 Å². The summed E-state index contributed by atoms with van der Waals surface area (Å²) in [5, 5.41) is 10.9. The minimum absolute atomic E-state index is 0.0262. The van der Waals surface area contributed by atoms with Gasteiger partial charge in [-0.3, -0.25) is 19.5 Å². The normalized spacial score (nSPS) is 11.3. The molecule has 0 aliphatic rings. The summed E-state index contributed by atoms with van der Waals surface area (Å²) in [5.41, 5.74) is 3.73. The summed E-state index contributed by atoms with van der Waals surface area (Å²) in [4.78, 5) is 35.6. The van der Waals surface area contributed by atoms with Crippen LogP contribution in [-0.2, 0) is 7.05 Å². The van der Waals surface area contributed by atoms with Crippen LogP contribution in [0.15, 0.2) is 59.7 Å². The van der Waals surface area contributed by atoms with Gasteiger partial charge in [0.1, 0.15) is 11.0 Å². The van der Waals surface area contributed by atoms with Crippen molar-refractivity contribution in [3.05, 3.63) is 75.3 Å². The summed E-state index contributed by atoms with van der Waals surface area (Å²) in [6, 6.07) is 13.8. The molecule has 0 radical (unpaired) electrons. The van der Waals surface area contributed by atoms with E-state index in [2.05, 4.69) is 9.97 Å². The third kappa shape index (κ3) is 3.12. The monoisotopic (exact) mass is 446 g/mol. The molecule has 5 aromatic rings. The Kier molecular flexibility index (Phi) is 4.52. The largest absolute Gasteiger partial charge is 0.348 e. The molecule has 0 aliphatic carbocycles. The van der Waals surface area contributed by atoms with Crippen LogP contribution in [0.25, 0.3) is 37.4 Å². The molecule has 0 amide bonds. The van der Waals surface area contributed by atoms with Gasteiger partial charge in [0.25, 0.3) is 11.2 Å². The molecule has 10 heteroatoms. The van der Waals surface area contributed by atoms with Gasteiger partial charge in [0.15, 0.2) is 0 Å². The highest BCUT2D eigenvalue weighted by Crippen LogP contribution is 2.32. The standard InChI is InChI=1S/C22H18N6O3S/c1-25(2)22-24-16-9-8-15(10-18(16)26(22)3)27-12-23-17-11-19(32-20(17)21(27)29)13-4-6-14(7-5-13)28(30)31/h4-12H,1-3H3. The highest BCUT2D eigenvalue weighted by atomic mass is 32.1. The Bertz CT molecular complexity index is 1560. The van der Waals surface area contributed by atoms with Crippen LogP contribution in [0.5, 0.6) is 0 Å². The minimum atomic E-state index is -0.435. The molecule has 160 valence electrons. The van der Waals surface area contributed by atoms with Gasteiger partial charge in [-0.05, 0) is 42.0 Å². The highest BCUT2D eigenvalue weighted by Gasteiger charge is 2.15. The molecular weight excluding hydrogens is 428 g/mol. The fraction of sp³-hybridized carbons (Fsp3) is 0.136. The van der Waals surface area contributed by atoms with Crippen molar-refractivity contribution in [3.8, 4) is 16.1 Å². The number of thiophene rings is 1. The van der Waals surface area contributed by atoms with Crippen molar-refractivity contribution in [2.45, 2.75) is 0 Å². The Morgan fingerprint density at radius 2 is 1.81 bits per heavy atom. The number of hydrogen-bond acceptors (Lipinski definition) is 7. The van der Waals surface area contributed by atoms with E-state index in [0.717, 1.165) is 27.4 Å². The van der Waals surface area contributed by atoms with Crippen molar-refractivity contribution in [1.82, 2.24) is 19.1 Å². The first-order chi connectivity index (χ1) is 15.3. The van der Waals surface area contributed by atoms with E-state index < -0.39 is 4.92 Å². The van der Waals surface area contributed by atoms with Gasteiger partial charge in [0.2, 0.25) is 5.95 Å². The lowest BCUT2D eigenvalue weighted by Gasteiger charge is -2.11. The molecule has 0 saturated carbocycles. The molecule has 0 saturated heterocycles. The lowest BCUT2D eigenvalue weighted by molar-refractivity contribution is -0.384. The van der Waals surface area contributed by atoms with E-state index in [1.807, 2.05) is 54.9 Å². The summed E-state index contributed by atoms with van der Waals surface area (Å²) in [7, 11) is 5.81. The van der Waals surface area contributed by atoms with Gasteiger partial charge in [-0.25, -0.2) is 9.97 Å². The van der Waals surface area contributed by atoms with E-state index in [4.69, 9.17) is 0 Å². The lowest BCUT2D eigenvalue weighted by atomic mass is 10.2. The number of nitrogens with zero attached hydrogens (tertiary/aromatic N) is 6. The Labute approximate surface area is 186 Å². The van der Waals surface area contributed by atoms with Crippen LogP contribution in [0, 0.1) is 10.1 Å². The van der Waals surface area contributed by atoms with Crippen LogP contribution < -0.4 is 10.5 Å². The van der Waals surface area contributed by atoms with Crippen molar-refractivity contribution in [1.29, 1.82) is 0 Å². The summed E-state index contributed by atoms with van der Waals surface area (Å²) < 4.78 is 4.04. The molecule has 0 atom stereocenters. The van der Waals surface area contributed by atoms with Crippen LogP contribution >= 0.6 is 11.3 Å². The molecule has 0 N–H and O–H groups in total. The number of anilines is 1. The minimum Gasteiger partial charge on any atom is -0.348 e. The number of nitro benzene ring substituents is 1. The molecule has 3 heterocycles. The molecule has 0 aliphatic heterocycles. The summed E-state index contributed by atoms with van der Waals surface area (Å²) in [6.07, 6.45) is 1.53. The fourth-order valence-corrected chi connectivity index (χ4v) is 4.75. The molecular formula is C22H18N6O3S. The Balaban J connectivity index is 1.60. The number of aryl methyl sites for hydroxylation is 1. The third-order valence-electron chi connectivity index (χ3n) is 5.32. The number of imidazole rings is 1. The lowest BCUT2D eigenvalue weighted by Crippen LogP contribution is -2.17.